The zero-order chi connectivity index (χ0) is 28.5. The predicted octanol–water partition coefficient (Wildman–Crippen LogP) is 4.03. The van der Waals surface area contributed by atoms with E-state index in [9.17, 15) is 21.6 Å². The Balaban J connectivity index is 0.000000532. The molecule has 0 saturated carbocycles. The highest BCUT2D eigenvalue weighted by Gasteiger charge is 2.38. The molecule has 0 bridgehead atoms. The van der Waals surface area contributed by atoms with Gasteiger partial charge in [0.25, 0.3) is 0 Å². The molecule has 2 heterocycles. The van der Waals surface area contributed by atoms with Crippen LogP contribution in [-0.4, -0.2) is 66.8 Å². The molecule has 4 rings (SSSR count). The lowest BCUT2D eigenvalue weighted by Crippen LogP contribution is -2.33. The van der Waals surface area contributed by atoms with E-state index < -0.39 is 22.2 Å². The van der Waals surface area contributed by atoms with Crippen molar-refractivity contribution >= 4 is 27.6 Å². The highest BCUT2D eigenvalue weighted by Crippen LogP contribution is 2.24. The Kier molecular flexibility index (Phi) is 10.2. The largest absolute Gasteiger partial charge is 0.492 e. The maximum Gasteiger partial charge on any atom is 0.490 e. The van der Waals surface area contributed by atoms with Gasteiger partial charge in [-0.1, -0.05) is 18.6 Å². The van der Waals surface area contributed by atoms with E-state index in [1.165, 1.54) is 31.4 Å². The van der Waals surface area contributed by atoms with Crippen molar-refractivity contribution in [2.24, 2.45) is 5.14 Å². The quantitative estimate of drug-likeness (QED) is 0.367. The fourth-order valence-corrected chi connectivity index (χ4v) is 4.17. The van der Waals surface area contributed by atoms with Gasteiger partial charge in [-0.05, 0) is 68.4 Å². The normalized spacial score (nSPS) is 14.2. The Labute approximate surface area is 223 Å². The average Bonchev–Trinajstić information content (AvgIpc) is 2.89. The van der Waals surface area contributed by atoms with Crippen LogP contribution in [0.25, 0.3) is 11.3 Å². The Morgan fingerprint density at radius 1 is 1.08 bits per heavy atom. The molecule has 0 amide bonds. The van der Waals surface area contributed by atoms with E-state index >= 15 is 0 Å². The first-order valence-electron chi connectivity index (χ1n) is 11.9. The van der Waals surface area contributed by atoms with Crippen LogP contribution in [0.2, 0.25) is 0 Å². The first kappa shape index (κ1) is 29.8. The summed E-state index contributed by atoms with van der Waals surface area (Å²) >= 11 is 0. The number of rotatable bonds is 8. The molecular formula is C25H28F3N5O5S. The third-order valence-corrected chi connectivity index (χ3v) is 6.52. The van der Waals surface area contributed by atoms with Gasteiger partial charge in [-0.15, -0.1) is 0 Å². The fraction of sp³-hybridized carbons (Fsp3) is 0.320. The van der Waals surface area contributed by atoms with Crippen molar-refractivity contribution in [1.29, 1.82) is 0 Å². The molecule has 14 heteroatoms. The Bertz CT molecular complexity index is 1350. The first-order valence-corrected chi connectivity index (χ1v) is 13.4. The highest BCUT2D eigenvalue weighted by molar-refractivity contribution is 7.89. The van der Waals surface area contributed by atoms with Crippen LogP contribution in [0, 0.1) is 0 Å². The minimum Gasteiger partial charge on any atom is -0.492 e. The maximum absolute atomic E-state index is 11.4. The molecule has 0 unspecified atom stereocenters. The second-order valence-corrected chi connectivity index (χ2v) is 10.1. The smallest absolute Gasteiger partial charge is 0.490 e. The lowest BCUT2D eigenvalue weighted by molar-refractivity contribution is -0.192. The second kappa shape index (κ2) is 13.4. The number of halogens is 3. The summed E-state index contributed by atoms with van der Waals surface area (Å²) in [6.07, 6.45) is 0.467. The minimum absolute atomic E-state index is 0.0508. The molecule has 0 aliphatic carbocycles. The number of carboxylic acids is 1. The molecule has 2 aromatic carbocycles. The van der Waals surface area contributed by atoms with Gasteiger partial charge in [-0.25, -0.2) is 28.3 Å². The molecule has 0 spiro atoms. The number of nitrogens with two attached hydrogens (primary N) is 1. The Hall–Kier alpha value is -3.75. The van der Waals surface area contributed by atoms with Crippen LogP contribution >= 0.6 is 0 Å². The van der Waals surface area contributed by atoms with Crippen LogP contribution < -0.4 is 15.2 Å². The summed E-state index contributed by atoms with van der Waals surface area (Å²) < 4.78 is 60.5. The predicted molar refractivity (Wildman–Crippen MR) is 138 cm³/mol. The van der Waals surface area contributed by atoms with Crippen LogP contribution in [0.5, 0.6) is 5.75 Å². The number of nitrogens with zero attached hydrogens (tertiary/aromatic N) is 3. The van der Waals surface area contributed by atoms with Gasteiger partial charge < -0.3 is 15.2 Å². The van der Waals surface area contributed by atoms with Crippen LogP contribution in [-0.2, 0) is 14.8 Å². The molecule has 1 aromatic heterocycles. The fourth-order valence-electron chi connectivity index (χ4n) is 3.66. The van der Waals surface area contributed by atoms with E-state index in [0.29, 0.717) is 18.2 Å². The molecule has 0 atom stereocenters. The molecule has 10 nitrogen and oxygen atoms in total. The van der Waals surface area contributed by atoms with Gasteiger partial charge in [0.05, 0.1) is 10.6 Å². The molecule has 1 aliphatic rings. The van der Waals surface area contributed by atoms with Gasteiger partial charge in [-0.2, -0.15) is 13.2 Å². The zero-order valence-electron chi connectivity index (χ0n) is 20.8. The third-order valence-electron chi connectivity index (χ3n) is 5.59. The number of alkyl halides is 3. The number of hydrogen-bond acceptors (Lipinski definition) is 8. The molecular weight excluding hydrogens is 539 g/mol. The number of sulfonamides is 1. The maximum atomic E-state index is 11.4. The SMILES string of the molecule is NS(=O)(=O)c1ccc(Nc2nccc(-c3cccc(OCCN4CCCCC4)c3)n2)cc1.O=C(O)C(F)(F)F. The van der Waals surface area contributed by atoms with E-state index in [0.717, 1.165) is 36.6 Å². The van der Waals surface area contributed by atoms with E-state index in [1.54, 1.807) is 18.3 Å². The summed E-state index contributed by atoms with van der Waals surface area (Å²) in [6.45, 7) is 3.92. The number of aromatic nitrogens is 2. The molecule has 1 saturated heterocycles. The van der Waals surface area contributed by atoms with Crippen molar-refractivity contribution in [3.05, 3.63) is 60.8 Å². The summed E-state index contributed by atoms with van der Waals surface area (Å²) in [5.74, 6) is -1.54. The molecule has 4 N–H and O–H groups in total. The number of likely N-dealkylation sites (tertiary alicyclic amines) is 1. The number of carboxylic acid groups (broad SMARTS) is 1. The van der Waals surface area contributed by atoms with Crippen LogP contribution in [0.4, 0.5) is 24.8 Å². The third kappa shape index (κ3) is 9.81. The van der Waals surface area contributed by atoms with E-state index in [-0.39, 0.29) is 4.90 Å². The topological polar surface area (TPSA) is 148 Å². The number of primary sulfonamides is 1. The van der Waals surface area contributed by atoms with Crippen molar-refractivity contribution in [2.45, 2.75) is 30.3 Å². The van der Waals surface area contributed by atoms with Gasteiger partial charge in [-0.3, -0.25) is 4.90 Å². The molecule has 3 aromatic rings. The first-order chi connectivity index (χ1) is 18.4. The van der Waals surface area contributed by atoms with E-state index in [4.69, 9.17) is 19.8 Å². The van der Waals surface area contributed by atoms with Gasteiger partial charge in [0.1, 0.15) is 12.4 Å². The van der Waals surface area contributed by atoms with Gasteiger partial charge in [0, 0.05) is 24.0 Å². The van der Waals surface area contributed by atoms with Crippen LogP contribution in [0.1, 0.15) is 19.3 Å². The summed E-state index contributed by atoms with van der Waals surface area (Å²) in [7, 11) is -3.73. The summed E-state index contributed by atoms with van der Waals surface area (Å²) in [4.78, 5) is 20.2. The van der Waals surface area contributed by atoms with Crippen molar-refractivity contribution in [1.82, 2.24) is 14.9 Å². The average molecular weight is 568 g/mol. The standard InChI is InChI=1S/C23H27N5O3S.C2HF3O2/c24-32(29,30)21-9-7-19(8-10-21)26-23-25-12-11-22(27-23)18-5-4-6-20(17-18)31-16-15-28-13-2-1-3-14-28;3-2(4,5)1(6)7/h4-12,17H,1-3,13-16H2,(H2,24,29,30)(H,25,26,27);(H,6,7). The van der Waals surface area contributed by atoms with E-state index in [1.807, 2.05) is 30.3 Å². The highest BCUT2D eigenvalue weighted by atomic mass is 32.2. The summed E-state index contributed by atoms with van der Waals surface area (Å²) in [5.41, 5.74) is 2.34. The van der Waals surface area contributed by atoms with Gasteiger partial charge in [0.2, 0.25) is 16.0 Å². The minimum atomic E-state index is -5.08. The monoisotopic (exact) mass is 567 g/mol. The number of benzene rings is 2. The number of piperidine rings is 1. The second-order valence-electron chi connectivity index (χ2n) is 8.54. The molecule has 39 heavy (non-hydrogen) atoms. The van der Waals surface area contributed by atoms with Gasteiger partial charge >= 0.3 is 12.1 Å². The van der Waals surface area contributed by atoms with Crippen LogP contribution in [0.15, 0.2) is 65.7 Å². The van der Waals surface area contributed by atoms with Crippen LogP contribution in [0.3, 0.4) is 0 Å². The van der Waals surface area contributed by atoms with E-state index in [2.05, 4.69) is 20.2 Å². The summed E-state index contributed by atoms with van der Waals surface area (Å²) in [5, 5.41) is 15.3. The van der Waals surface area contributed by atoms with Crippen molar-refractivity contribution in [3.8, 4) is 17.0 Å². The van der Waals surface area contributed by atoms with Crippen molar-refractivity contribution in [3.63, 3.8) is 0 Å². The number of aliphatic carboxylic acids is 1. The lowest BCUT2D eigenvalue weighted by Gasteiger charge is -2.26. The Morgan fingerprint density at radius 2 is 1.74 bits per heavy atom. The molecule has 0 radical (unpaired) electrons. The molecule has 1 fully saturated rings. The number of anilines is 2. The van der Waals surface area contributed by atoms with Gasteiger partial charge in [0.15, 0.2) is 0 Å². The molecule has 1 aliphatic heterocycles. The number of carbonyl (C=O) groups is 1. The van der Waals surface area contributed by atoms with Crippen molar-refractivity contribution in [2.75, 3.05) is 31.6 Å². The number of nitrogens with one attached hydrogen (secondary N) is 1. The lowest BCUT2D eigenvalue weighted by atomic mass is 10.1. The zero-order valence-corrected chi connectivity index (χ0v) is 21.6. The number of ether oxygens (including phenoxy) is 1. The van der Waals surface area contributed by atoms with Crippen molar-refractivity contribution < 1.29 is 36.2 Å². The molecule has 210 valence electrons. The Morgan fingerprint density at radius 3 is 2.36 bits per heavy atom. The summed E-state index contributed by atoms with van der Waals surface area (Å²) in [6, 6.07) is 15.8. The number of hydrogen-bond donors (Lipinski definition) is 3.